The maximum absolute atomic E-state index is 10.6. The minimum Gasteiger partial charge on any atom is -0.479 e. The van der Waals surface area contributed by atoms with Crippen LogP contribution in [0, 0.1) is 11.8 Å². The van der Waals surface area contributed by atoms with Crippen LogP contribution in [0.1, 0.15) is 54.4 Å². The van der Waals surface area contributed by atoms with Crippen molar-refractivity contribution >= 4 is 11.9 Å². The normalized spacial score (nSPS) is 15.0. The van der Waals surface area contributed by atoms with E-state index in [9.17, 15) is 14.7 Å². The number of carbonyl (C=O) groups is 2. The van der Waals surface area contributed by atoms with Crippen LogP contribution < -0.4 is 0 Å². The van der Waals surface area contributed by atoms with Gasteiger partial charge < -0.3 is 20.1 Å². The average Bonchev–Trinajstić information content (AvgIpc) is 2.34. The van der Waals surface area contributed by atoms with Crippen molar-refractivity contribution in [2.24, 2.45) is 11.8 Å². The number of aliphatic carboxylic acids is 1. The Morgan fingerprint density at radius 1 is 1.10 bits per heavy atom. The summed E-state index contributed by atoms with van der Waals surface area (Å²) in [4.78, 5) is 21.0. The SMILES string of the molecule is CC(C)CCC(C)(O)C(=O)O.CC(C)COC(=O)C(C)O. The van der Waals surface area contributed by atoms with Crippen molar-refractivity contribution in [2.45, 2.75) is 66.1 Å². The molecule has 2 unspecified atom stereocenters. The topological polar surface area (TPSA) is 104 Å². The van der Waals surface area contributed by atoms with Crippen LogP contribution in [-0.2, 0) is 14.3 Å². The fourth-order valence-corrected chi connectivity index (χ4v) is 1.05. The van der Waals surface area contributed by atoms with Crippen molar-refractivity contribution in [1.29, 1.82) is 0 Å². The molecule has 0 saturated heterocycles. The molecule has 0 fully saturated rings. The van der Waals surface area contributed by atoms with Crippen LogP contribution in [0.4, 0.5) is 0 Å². The Morgan fingerprint density at radius 2 is 1.57 bits per heavy atom. The second kappa shape index (κ2) is 10.6. The van der Waals surface area contributed by atoms with Crippen LogP contribution in [0.15, 0.2) is 0 Å². The van der Waals surface area contributed by atoms with Crippen molar-refractivity contribution in [3.05, 3.63) is 0 Å². The summed E-state index contributed by atoms with van der Waals surface area (Å²) in [5, 5.41) is 26.4. The van der Waals surface area contributed by atoms with Gasteiger partial charge in [-0.1, -0.05) is 27.7 Å². The van der Waals surface area contributed by atoms with Crippen molar-refractivity contribution in [2.75, 3.05) is 6.61 Å². The molecule has 0 aliphatic carbocycles. The molecule has 0 aromatic rings. The monoisotopic (exact) mass is 306 g/mol. The van der Waals surface area contributed by atoms with Gasteiger partial charge >= 0.3 is 11.9 Å². The Kier molecular flexibility index (Phi) is 11.1. The molecule has 0 heterocycles. The molecule has 0 radical (unpaired) electrons. The third-order valence-corrected chi connectivity index (χ3v) is 2.57. The molecule has 21 heavy (non-hydrogen) atoms. The Morgan fingerprint density at radius 3 is 1.86 bits per heavy atom. The fraction of sp³-hybridized carbons (Fsp3) is 0.867. The maximum atomic E-state index is 10.6. The molecule has 0 rings (SSSR count). The Balaban J connectivity index is 0. The average molecular weight is 306 g/mol. The highest BCUT2D eigenvalue weighted by molar-refractivity contribution is 5.76. The Labute approximate surface area is 127 Å². The van der Waals surface area contributed by atoms with E-state index in [1.807, 2.05) is 27.7 Å². The molecule has 0 aliphatic rings. The molecule has 126 valence electrons. The van der Waals surface area contributed by atoms with E-state index in [-0.39, 0.29) is 0 Å². The highest BCUT2D eigenvalue weighted by Crippen LogP contribution is 2.15. The van der Waals surface area contributed by atoms with E-state index in [4.69, 9.17) is 10.2 Å². The van der Waals surface area contributed by atoms with Crippen molar-refractivity contribution < 1.29 is 29.6 Å². The maximum Gasteiger partial charge on any atom is 0.335 e. The third-order valence-electron chi connectivity index (χ3n) is 2.57. The van der Waals surface area contributed by atoms with E-state index in [2.05, 4.69) is 4.74 Å². The fourth-order valence-electron chi connectivity index (χ4n) is 1.05. The summed E-state index contributed by atoms with van der Waals surface area (Å²) >= 11 is 0. The van der Waals surface area contributed by atoms with Gasteiger partial charge in [-0.15, -0.1) is 0 Å². The van der Waals surface area contributed by atoms with Gasteiger partial charge in [0.15, 0.2) is 5.60 Å². The zero-order chi connectivity index (χ0) is 17.2. The number of hydrogen-bond donors (Lipinski definition) is 3. The van der Waals surface area contributed by atoms with Crippen molar-refractivity contribution in [3.63, 3.8) is 0 Å². The number of carboxylic acids is 1. The summed E-state index contributed by atoms with van der Waals surface area (Å²) in [6.07, 6.45) is 0.0537. The molecule has 0 spiro atoms. The Hall–Kier alpha value is -1.14. The number of rotatable bonds is 7. The van der Waals surface area contributed by atoms with Gasteiger partial charge in [0, 0.05) is 0 Å². The largest absolute Gasteiger partial charge is 0.479 e. The van der Waals surface area contributed by atoms with Gasteiger partial charge in [-0.25, -0.2) is 9.59 Å². The Bertz CT molecular complexity index is 307. The number of carbonyl (C=O) groups excluding carboxylic acids is 1. The highest BCUT2D eigenvalue weighted by Gasteiger charge is 2.29. The number of carboxylic acid groups (broad SMARTS) is 1. The number of aliphatic hydroxyl groups is 2. The molecule has 6 heteroatoms. The second-order valence-corrected chi connectivity index (χ2v) is 6.21. The van der Waals surface area contributed by atoms with E-state index in [0.29, 0.717) is 24.9 Å². The first-order chi connectivity index (χ1) is 9.40. The van der Waals surface area contributed by atoms with E-state index in [0.717, 1.165) is 6.42 Å². The predicted octanol–water partition coefficient (Wildman–Crippen LogP) is 1.82. The number of esters is 1. The van der Waals surface area contributed by atoms with Gasteiger partial charge in [0.1, 0.15) is 6.10 Å². The third kappa shape index (κ3) is 13.6. The van der Waals surface area contributed by atoms with Gasteiger partial charge in [0.25, 0.3) is 0 Å². The van der Waals surface area contributed by atoms with Crippen LogP contribution in [0.2, 0.25) is 0 Å². The van der Waals surface area contributed by atoms with E-state index in [1.54, 1.807) is 0 Å². The smallest absolute Gasteiger partial charge is 0.335 e. The number of ether oxygens (including phenoxy) is 1. The van der Waals surface area contributed by atoms with Crippen LogP contribution in [-0.4, -0.2) is 45.6 Å². The summed E-state index contributed by atoms with van der Waals surface area (Å²) in [6.45, 7) is 11.0. The second-order valence-electron chi connectivity index (χ2n) is 6.21. The van der Waals surface area contributed by atoms with Crippen molar-refractivity contribution in [3.8, 4) is 0 Å². The molecular formula is C15H30O6. The summed E-state index contributed by atoms with van der Waals surface area (Å²) in [7, 11) is 0. The van der Waals surface area contributed by atoms with E-state index in [1.165, 1.54) is 13.8 Å². The van der Waals surface area contributed by atoms with Crippen LogP contribution >= 0.6 is 0 Å². The van der Waals surface area contributed by atoms with Crippen molar-refractivity contribution in [1.82, 2.24) is 0 Å². The highest BCUT2D eigenvalue weighted by atomic mass is 16.5. The van der Waals surface area contributed by atoms with Gasteiger partial charge in [0.2, 0.25) is 0 Å². The van der Waals surface area contributed by atoms with Gasteiger partial charge in [-0.3, -0.25) is 0 Å². The molecule has 6 nitrogen and oxygen atoms in total. The van der Waals surface area contributed by atoms with Gasteiger partial charge in [0.05, 0.1) is 6.61 Å². The minimum absolute atomic E-state index is 0.319. The predicted molar refractivity (Wildman–Crippen MR) is 79.8 cm³/mol. The lowest BCUT2D eigenvalue weighted by atomic mass is 9.96. The molecule has 0 aliphatic heterocycles. The lowest BCUT2D eigenvalue weighted by Crippen LogP contribution is -2.34. The molecule has 0 amide bonds. The summed E-state index contributed by atoms with van der Waals surface area (Å²) in [6, 6.07) is 0. The van der Waals surface area contributed by atoms with Crippen LogP contribution in [0.5, 0.6) is 0 Å². The quantitative estimate of drug-likeness (QED) is 0.620. The number of aliphatic hydroxyl groups excluding tert-OH is 1. The van der Waals surface area contributed by atoms with Gasteiger partial charge in [-0.05, 0) is 38.5 Å². The molecule has 0 bridgehead atoms. The van der Waals surface area contributed by atoms with E-state index >= 15 is 0 Å². The molecule has 3 N–H and O–H groups in total. The molecule has 2 atom stereocenters. The van der Waals surface area contributed by atoms with Gasteiger partial charge in [-0.2, -0.15) is 0 Å². The number of hydrogen-bond acceptors (Lipinski definition) is 5. The molecule has 0 aromatic heterocycles. The standard InChI is InChI=1S/C8H16O3.C7H14O3/c1-6(2)4-5-8(3,11)7(9)10;1-5(2)4-10-7(9)6(3)8/h6,11H,4-5H2,1-3H3,(H,9,10);5-6,8H,4H2,1-3H3. The first-order valence-corrected chi connectivity index (χ1v) is 7.20. The minimum atomic E-state index is -1.55. The first-order valence-electron chi connectivity index (χ1n) is 7.20. The molecule has 0 saturated carbocycles. The lowest BCUT2D eigenvalue weighted by Gasteiger charge is -2.18. The van der Waals surface area contributed by atoms with Crippen LogP contribution in [0.3, 0.4) is 0 Å². The molecular weight excluding hydrogens is 276 g/mol. The first kappa shape index (κ1) is 22.1. The summed E-state index contributed by atoms with van der Waals surface area (Å²) in [5.41, 5.74) is -1.55. The lowest BCUT2D eigenvalue weighted by molar-refractivity contribution is -0.157. The summed E-state index contributed by atoms with van der Waals surface area (Å²) < 4.78 is 4.68. The zero-order valence-electron chi connectivity index (χ0n) is 13.9. The molecule has 0 aromatic carbocycles. The zero-order valence-corrected chi connectivity index (χ0v) is 13.9. The summed E-state index contributed by atoms with van der Waals surface area (Å²) in [5.74, 6) is -0.935. The van der Waals surface area contributed by atoms with E-state index < -0.39 is 23.6 Å². The van der Waals surface area contributed by atoms with Crippen LogP contribution in [0.25, 0.3) is 0 Å².